The molecule has 32 nitrogen and oxygen atoms in total. The lowest BCUT2D eigenvalue weighted by molar-refractivity contribution is -0.432. The lowest BCUT2D eigenvalue weighted by atomic mass is 9.94. The molecule has 0 spiro atoms. The maximum Gasteiger partial charge on any atom is 0.187 e. The lowest BCUT2D eigenvalue weighted by Crippen LogP contribution is -2.69. The molecule has 22 aliphatic heterocycles. The van der Waals surface area contributed by atoms with Crippen LogP contribution in [-0.4, -0.2) is 311 Å². The van der Waals surface area contributed by atoms with Crippen molar-refractivity contribution in [3.05, 3.63) is 0 Å². The van der Waals surface area contributed by atoms with Gasteiger partial charge in [0.15, 0.2) is 43.8 Å². The van der Waals surface area contributed by atoms with Crippen molar-refractivity contribution in [2.75, 3.05) is 39.6 Å². The molecule has 19 N–H and O–H groups in total. The third-order valence-electron chi connectivity index (χ3n) is 12.8. The molecule has 22 rings (SSSR count). The number of aliphatic hydroxyl groups is 17. The minimum Gasteiger partial charge on any atom is -0.394 e. The van der Waals surface area contributed by atoms with Crippen molar-refractivity contribution in [2.45, 2.75) is 184 Å². The van der Waals surface area contributed by atoms with E-state index in [2.05, 4.69) is 4.99 Å². The van der Waals surface area contributed by atoms with Gasteiger partial charge in [0.25, 0.3) is 0 Å². The summed E-state index contributed by atoms with van der Waals surface area (Å²) >= 11 is 0. The van der Waals surface area contributed by atoms with Gasteiger partial charge in [0.05, 0.1) is 39.6 Å². The van der Waals surface area contributed by atoms with Gasteiger partial charge >= 0.3 is 0 Å². The topological polar surface area (TPSA) is 499 Å². The standard InChI is InChI=1S/C36H61NO31/c37-68-67-30-23(54)36-60-12(6-43)29(30)66-35-22(53)17(48)27(10(4-41)59-35)64-33-20(51)15(46)25(8(2-39)57-33)62-31-18(49)13(44)24(7(1-38)55-31)61-32-19(50)14(45)26(9(3-40)56-32)63-34-21(52)16(47)28(65-36)11(5-42)58-34/h7-36,38-54H,1-6,37H2/t7-,8-,9-,10-,11-,12-,13-,14-,15-,16-,17-,18-,19-,20-,21-,22-,23-,24-,25-,26-,27-,28-,29+,30-,31-,32-,33-,34-,35-,36-/m1/s1. The fourth-order valence-corrected chi connectivity index (χ4v) is 9.09. The van der Waals surface area contributed by atoms with Crippen LogP contribution in [0.15, 0.2) is 0 Å². The smallest absolute Gasteiger partial charge is 0.187 e. The maximum atomic E-state index is 11.4. The van der Waals surface area contributed by atoms with Crippen molar-refractivity contribution < 1.29 is 154 Å². The first-order valence-corrected chi connectivity index (χ1v) is 21.5. The highest BCUT2D eigenvalue weighted by atomic mass is 17.3. The van der Waals surface area contributed by atoms with Crippen molar-refractivity contribution >= 4 is 0 Å². The van der Waals surface area contributed by atoms with E-state index in [9.17, 15) is 86.8 Å². The van der Waals surface area contributed by atoms with Crippen LogP contribution in [0.25, 0.3) is 0 Å². The van der Waals surface area contributed by atoms with Gasteiger partial charge in [-0.25, -0.2) is 4.89 Å². The van der Waals surface area contributed by atoms with E-state index in [1.807, 2.05) is 0 Å². The third kappa shape index (κ3) is 10.6. The average molecular weight is 1000 g/mol. The van der Waals surface area contributed by atoms with Crippen LogP contribution in [0, 0.1) is 0 Å². The summed E-state index contributed by atoms with van der Waals surface area (Å²) in [6.45, 7) is -6.04. The highest BCUT2D eigenvalue weighted by Crippen LogP contribution is 2.38. The van der Waals surface area contributed by atoms with E-state index in [0.717, 1.165) is 0 Å². The molecule has 0 amide bonds. The van der Waals surface area contributed by atoms with Gasteiger partial charge in [-0.2, -0.15) is 5.90 Å². The van der Waals surface area contributed by atoms with Crippen LogP contribution in [0.3, 0.4) is 0 Å². The molecular weight excluding hydrogens is 942 g/mol. The van der Waals surface area contributed by atoms with Crippen LogP contribution in [0.1, 0.15) is 0 Å². The van der Waals surface area contributed by atoms with Crippen LogP contribution >= 0.6 is 0 Å². The summed E-state index contributed by atoms with van der Waals surface area (Å²) in [7, 11) is 0. The summed E-state index contributed by atoms with van der Waals surface area (Å²) in [4.78, 5) is 9.33. The van der Waals surface area contributed by atoms with Gasteiger partial charge in [0, 0.05) is 0 Å². The van der Waals surface area contributed by atoms with Crippen LogP contribution in [0.2, 0.25) is 0 Å². The van der Waals surface area contributed by atoms with Crippen molar-refractivity contribution in [1.29, 1.82) is 0 Å². The Morgan fingerprint density at radius 2 is 0.456 bits per heavy atom. The van der Waals surface area contributed by atoms with E-state index in [1.54, 1.807) is 0 Å². The molecule has 0 radical (unpaired) electrons. The predicted molar refractivity (Wildman–Crippen MR) is 200 cm³/mol. The van der Waals surface area contributed by atoms with Crippen LogP contribution in [-0.2, 0) is 66.7 Å². The number of nitrogens with two attached hydrogens (primary N) is 1. The zero-order valence-electron chi connectivity index (χ0n) is 35.5. The zero-order valence-corrected chi connectivity index (χ0v) is 35.5. The molecule has 0 aromatic rings. The van der Waals surface area contributed by atoms with E-state index < -0.39 is 224 Å². The Morgan fingerprint density at radius 1 is 0.265 bits per heavy atom. The van der Waals surface area contributed by atoms with Gasteiger partial charge < -0.3 is 144 Å². The molecule has 22 saturated heterocycles. The lowest BCUT2D eigenvalue weighted by Gasteiger charge is -2.50. The van der Waals surface area contributed by atoms with Crippen molar-refractivity contribution in [3.63, 3.8) is 0 Å². The first-order valence-electron chi connectivity index (χ1n) is 21.5. The van der Waals surface area contributed by atoms with Gasteiger partial charge in [-0.15, -0.1) is 4.99 Å². The molecule has 0 aliphatic carbocycles. The van der Waals surface area contributed by atoms with E-state index in [0.29, 0.717) is 0 Å². The Balaban J connectivity index is 1.21. The second-order valence-corrected chi connectivity index (χ2v) is 17.0. The second kappa shape index (κ2) is 23.3. The zero-order chi connectivity index (χ0) is 49.5. The van der Waals surface area contributed by atoms with Crippen LogP contribution < -0.4 is 5.90 Å². The quantitative estimate of drug-likeness (QED) is 0.0793. The summed E-state index contributed by atoms with van der Waals surface area (Å²) in [5, 5.41) is 186. The van der Waals surface area contributed by atoms with Crippen molar-refractivity contribution in [3.8, 4) is 0 Å². The molecule has 32 heteroatoms. The summed E-state index contributed by atoms with van der Waals surface area (Å²) in [5.41, 5.74) is 0. The number of ether oxygens (including phenoxy) is 12. The molecule has 12 bridgehead atoms. The van der Waals surface area contributed by atoms with Crippen LogP contribution in [0.5, 0.6) is 0 Å². The summed E-state index contributed by atoms with van der Waals surface area (Å²) in [5.74, 6) is 5.16. The molecule has 68 heavy (non-hydrogen) atoms. The molecule has 0 aromatic heterocycles. The fourth-order valence-electron chi connectivity index (χ4n) is 9.09. The van der Waals surface area contributed by atoms with E-state index in [-0.39, 0.29) is 0 Å². The van der Waals surface area contributed by atoms with Gasteiger partial charge in [0.2, 0.25) is 0 Å². The predicted octanol–water partition coefficient (Wildman–Crippen LogP) is -13.2. The normalized spacial score (nSPS) is 54.1. The number of hydrogen-bond donors (Lipinski definition) is 18. The Morgan fingerprint density at radius 3 is 0.662 bits per heavy atom. The number of hydrogen-bond acceptors (Lipinski definition) is 32. The maximum absolute atomic E-state index is 11.4. The van der Waals surface area contributed by atoms with Gasteiger partial charge in [-0.05, 0) is 0 Å². The minimum absolute atomic E-state index is 1.00. The van der Waals surface area contributed by atoms with Crippen molar-refractivity contribution in [2.24, 2.45) is 5.90 Å². The van der Waals surface area contributed by atoms with Crippen LogP contribution in [0.4, 0.5) is 0 Å². The van der Waals surface area contributed by atoms with Crippen molar-refractivity contribution in [1.82, 2.24) is 0 Å². The summed E-state index contributed by atoms with van der Waals surface area (Å²) < 4.78 is 68.4. The van der Waals surface area contributed by atoms with Gasteiger partial charge in [0.1, 0.15) is 140 Å². The molecule has 22 aliphatic rings. The highest BCUT2D eigenvalue weighted by Gasteiger charge is 2.59. The molecule has 22 heterocycles. The van der Waals surface area contributed by atoms with Gasteiger partial charge in [-0.1, -0.05) is 0 Å². The number of rotatable bonds is 8. The minimum atomic E-state index is -2.16. The SMILES string of the molecule is NOO[C@@H]1[C@@H](O)[C@H]2O[C@H]3[C@H](O)[C@@H](O)[C@@H](O[C@H]4[C@H](O)[C@@H](O)[C@@H](O[C@H]5[C@H](O)[C@@H](O)[C@@H](O[C@H]6[C@H](O)[C@@H](O)[C@@H](O[C@H]7[C@H](O)[C@@H](O)[C@@H](O[C@H]1[C@@H](CO)O2)O[C@@H]7CO)O[C@@H]6CO)O[C@@H]5CO)O[C@@H]4CO)O[C@@H]3CO. The van der Waals surface area contributed by atoms with Gasteiger partial charge in [-0.3, -0.25) is 0 Å². The molecule has 0 saturated carbocycles. The molecule has 0 aromatic carbocycles. The monoisotopic (exact) mass is 1000 g/mol. The number of aliphatic hydroxyl groups excluding tert-OH is 17. The Kier molecular flexibility index (Phi) is 18.7. The van der Waals surface area contributed by atoms with E-state index in [1.165, 1.54) is 0 Å². The third-order valence-corrected chi connectivity index (χ3v) is 12.8. The second-order valence-electron chi connectivity index (χ2n) is 17.0. The summed E-state index contributed by atoms with van der Waals surface area (Å²) in [6.07, 6.45) is -58.5. The molecule has 0 unspecified atom stereocenters. The molecular formula is C36H61NO31. The molecule has 22 fully saturated rings. The first-order chi connectivity index (χ1) is 32.5. The highest BCUT2D eigenvalue weighted by molar-refractivity contribution is 5.01. The average Bonchev–Trinajstić information content (AvgIpc) is 3.33. The Bertz CT molecular complexity index is 1550. The largest absolute Gasteiger partial charge is 0.394 e. The van der Waals surface area contributed by atoms with E-state index >= 15 is 0 Å². The van der Waals surface area contributed by atoms with E-state index in [4.69, 9.17) is 67.6 Å². The summed E-state index contributed by atoms with van der Waals surface area (Å²) in [6, 6.07) is 0. The Labute approximate surface area is 383 Å². The molecule has 30 atom stereocenters. The molecule has 396 valence electrons. The first kappa shape index (κ1) is 54.5. The fraction of sp³-hybridized carbons (Fsp3) is 1.00. The Hall–Kier alpha value is -1.28.